The number of aliphatic carboxylic acids is 1. The molecule has 7 heteroatoms. The maximum atomic E-state index is 13.3. The number of carboxylic acid groups (broad SMARTS) is 1. The van der Waals surface area contributed by atoms with Gasteiger partial charge in [-0.05, 0) is 39.9 Å². The summed E-state index contributed by atoms with van der Waals surface area (Å²) in [4.78, 5) is 14.9. The Labute approximate surface area is 129 Å². The molecular formula is C15H23F2N3O2. The van der Waals surface area contributed by atoms with Gasteiger partial charge in [0.2, 0.25) is 0 Å². The first kappa shape index (κ1) is 16.7. The van der Waals surface area contributed by atoms with E-state index in [1.54, 1.807) is 6.08 Å². The van der Waals surface area contributed by atoms with Crippen LogP contribution >= 0.6 is 0 Å². The van der Waals surface area contributed by atoms with Crippen molar-refractivity contribution in [2.24, 2.45) is 0 Å². The Bertz CT molecular complexity index is 499. The number of rotatable bonds is 7. The summed E-state index contributed by atoms with van der Waals surface area (Å²) in [7, 11) is 3.85. The van der Waals surface area contributed by atoms with Crippen LogP contribution in [0.1, 0.15) is 19.8 Å². The van der Waals surface area contributed by atoms with Crippen molar-refractivity contribution >= 4 is 5.97 Å². The van der Waals surface area contributed by atoms with Gasteiger partial charge in [-0.15, -0.1) is 0 Å². The molecule has 1 aliphatic carbocycles. The molecule has 1 aliphatic heterocycles. The number of carbonyl (C=O) groups is 1. The third-order valence-corrected chi connectivity index (χ3v) is 4.19. The number of hydrogen-bond donors (Lipinski definition) is 2. The SMILES string of the molecule is CC1C=C(NCCN(C)C)C(C(=O)O)=CN1C1(C(F)F)CC1. The van der Waals surface area contributed by atoms with E-state index in [2.05, 4.69) is 5.32 Å². The zero-order valence-corrected chi connectivity index (χ0v) is 13.1. The van der Waals surface area contributed by atoms with Crippen LogP contribution in [0.4, 0.5) is 8.78 Å². The van der Waals surface area contributed by atoms with Crippen LogP contribution in [-0.2, 0) is 4.79 Å². The molecule has 2 N–H and O–H groups in total. The third kappa shape index (κ3) is 3.24. The van der Waals surface area contributed by atoms with E-state index in [-0.39, 0.29) is 11.6 Å². The first-order chi connectivity index (χ1) is 10.3. The lowest BCUT2D eigenvalue weighted by Crippen LogP contribution is -2.46. The van der Waals surface area contributed by atoms with Crippen molar-refractivity contribution in [3.8, 4) is 0 Å². The second kappa shape index (κ2) is 6.24. The number of likely N-dealkylation sites (N-methyl/N-ethyl adjacent to an activating group) is 1. The fourth-order valence-corrected chi connectivity index (χ4v) is 2.73. The number of nitrogens with zero attached hydrogens (tertiary/aromatic N) is 2. The quantitative estimate of drug-likeness (QED) is 0.745. The molecule has 124 valence electrons. The van der Waals surface area contributed by atoms with Gasteiger partial charge in [-0.25, -0.2) is 13.6 Å². The van der Waals surface area contributed by atoms with Crippen molar-refractivity contribution in [3.05, 3.63) is 23.5 Å². The van der Waals surface area contributed by atoms with Crippen LogP contribution in [-0.4, -0.2) is 66.1 Å². The predicted molar refractivity (Wildman–Crippen MR) is 79.6 cm³/mol. The summed E-state index contributed by atoms with van der Waals surface area (Å²) in [5.41, 5.74) is -0.641. The highest BCUT2D eigenvalue weighted by atomic mass is 19.3. The van der Waals surface area contributed by atoms with E-state index in [1.165, 1.54) is 11.1 Å². The number of carboxylic acids is 1. The van der Waals surface area contributed by atoms with Crippen LogP contribution < -0.4 is 5.32 Å². The van der Waals surface area contributed by atoms with Crippen LogP contribution in [0.5, 0.6) is 0 Å². The summed E-state index contributed by atoms with van der Waals surface area (Å²) in [6, 6.07) is -0.263. The van der Waals surface area contributed by atoms with Crippen LogP contribution in [0.3, 0.4) is 0 Å². The molecular weight excluding hydrogens is 292 g/mol. The van der Waals surface area contributed by atoms with Crippen molar-refractivity contribution in [3.63, 3.8) is 0 Å². The van der Waals surface area contributed by atoms with E-state index in [1.807, 2.05) is 25.9 Å². The molecule has 0 amide bonds. The highest BCUT2D eigenvalue weighted by molar-refractivity contribution is 5.91. The Morgan fingerprint density at radius 1 is 1.55 bits per heavy atom. The van der Waals surface area contributed by atoms with Crippen molar-refractivity contribution in [1.82, 2.24) is 15.1 Å². The minimum atomic E-state index is -2.47. The van der Waals surface area contributed by atoms with Crippen LogP contribution in [0.15, 0.2) is 23.5 Å². The second-order valence-electron chi connectivity index (χ2n) is 6.21. The van der Waals surface area contributed by atoms with Gasteiger partial charge >= 0.3 is 5.97 Å². The molecule has 1 unspecified atom stereocenters. The minimum absolute atomic E-state index is 0.0452. The standard InChI is InChI=1S/C15H23F2N3O2/c1-10-8-12(18-6-7-19(2)3)11(13(21)22)9-20(10)15(4-5-15)14(16)17/h8-10,14,18H,4-7H2,1-3H3,(H,21,22). The van der Waals surface area contributed by atoms with E-state index in [0.717, 1.165) is 6.54 Å². The van der Waals surface area contributed by atoms with Gasteiger partial charge in [0, 0.05) is 31.0 Å². The van der Waals surface area contributed by atoms with Gasteiger partial charge in [0.05, 0.1) is 5.57 Å². The predicted octanol–water partition coefficient (Wildman–Crippen LogP) is 1.49. The molecule has 0 radical (unpaired) electrons. The van der Waals surface area contributed by atoms with Gasteiger partial charge in [0.15, 0.2) is 0 Å². The molecule has 0 aromatic rings. The van der Waals surface area contributed by atoms with E-state index in [9.17, 15) is 18.7 Å². The van der Waals surface area contributed by atoms with Gasteiger partial charge in [-0.3, -0.25) is 0 Å². The van der Waals surface area contributed by atoms with E-state index >= 15 is 0 Å². The first-order valence-electron chi connectivity index (χ1n) is 7.40. The summed E-state index contributed by atoms with van der Waals surface area (Å²) in [5, 5.41) is 12.5. The molecule has 0 saturated heterocycles. The first-order valence-corrected chi connectivity index (χ1v) is 7.40. The van der Waals surface area contributed by atoms with Gasteiger partial charge < -0.3 is 20.2 Å². The largest absolute Gasteiger partial charge is 0.478 e. The Morgan fingerprint density at radius 3 is 2.64 bits per heavy atom. The van der Waals surface area contributed by atoms with Gasteiger partial charge in [-0.2, -0.15) is 0 Å². The molecule has 2 aliphatic rings. The van der Waals surface area contributed by atoms with Gasteiger partial charge in [0.1, 0.15) is 5.54 Å². The molecule has 0 bridgehead atoms. The normalized spacial score (nSPS) is 23.4. The maximum Gasteiger partial charge on any atom is 0.339 e. The summed E-state index contributed by atoms with van der Waals surface area (Å²) in [6.07, 6.45) is 1.43. The molecule has 1 heterocycles. The zero-order valence-electron chi connectivity index (χ0n) is 13.1. The van der Waals surface area contributed by atoms with E-state index < -0.39 is 17.9 Å². The molecule has 0 aromatic heterocycles. The van der Waals surface area contributed by atoms with Crippen LogP contribution in [0.25, 0.3) is 0 Å². The number of alkyl halides is 2. The van der Waals surface area contributed by atoms with Crippen molar-refractivity contribution < 1.29 is 18.7 Å². The van der Waals surface area contributed by atoms with Crippen molar-refractivity contribution in [2.45, 2.75) is 37.8 Å². The van der Waals surface area contributed by atoms with Crippen LogP contribution in [0.2, 0.25) is 0 Å². The lowest BCUT2D eigenvalue weighted by molar-refractivity contribution is -0.132. The smallest absolute Gasteiger partial charge is 0.339 e. The molecule has 22 heavy (non-hydrogen) atoms. The summed E-state index contributed by atoms with van der Waals surface area (Å²) >= 11 is 0. The van der Waals surface area contributed by atoms with E-state index in [0.29, 0.717) is 25.1 Å². The summed E-state index contributed by atoms with van der Waals surface area (Å²) in [5.74, 6) is -1.11. The molecule has 0 spiro atoms. The fraction of sp³-hybridized carbons (Fsp3) is 0.667. The lowest BCUT2D eigenvalue weighted by Gasteiger charge is -2.38. The number of nitrogens with one attached hydrogen (secondary N) is 1. The molecule has 1 fully saturated rings. The molecule has 1 saturated carbocycles. The Kier molecular flexibility index (Phi) is 4.75. The topological polar surface area (TPSA) is 55.8 Å². The van der Waals surface area contributed by atoms with Crippen molar-refractivity contribution in [2.75, 3.05) is 27.2 Å². The Morgan fingerprint density at radius 2 is 2.18 bits per heavy atom. The second-order valence-corrected chi connectivity index (χ2v) is 6.21. The van der Waals surface area contributed by atoms with Crippen molar-refractivity contribution in [1.29, 1.82) is 0 Å². The third-order valence-electron chi connectivity index (χ3n) is 4.19. The van der Waals surface area contributed by atoms with Gasteiger partial charge in [-0.1, -0.05) is 0 Å². The van der Waals surface area contributed by atoms with E-state index in [4.69, 9.17) is 0 Å². The van der Waals surface area contributed by atoms with Gasteiger partial charge in [0.25, 0.3) is 6.43 Å². The summed E-state index contributed by atoms with van der Waals surface area (Å²) in [6.45, 7) is 3.16. The molecule has 2 rings (SSSR count). The fourth-order valence-electron chi connectivity index (χ4n) is 2.73. The monoisotopic (exact) mass is 315 g/mol. The Hall–Kier alpha value is -1.63. The lowest BCUT2D eigenvalue weighted by atomic mass is 10.0. The Balaban J connectivity index is 2.17. The zero-order chi connectivity index (χ0) is 16.5. The highest BCUT2D eigenvalue weighted by Gasteiger charge is 2.56. The molecule has 0 aromatic carbocycles. The number of hydrogen-bond acceptors (Lipinski definition) is 4. The average molecular weight is 315 g/mol. The minimum Gasteiger partial charge on any atom is -0.478 e. The highest BCUT2D eigenvalue weighted by Crippen LogP contribution is 2.49. The summed E-state index contributed by atoms with van der Waals surface area (Å²) < 4.78 is 26.6. The van der Waals surface area contributed by atoms with Crippen LogP contribution in [0, 0.1) is 0 Å². The average Bonchev–Trinajstić information content (AvgIpc) is 3.19. The maximum absolute atomic E-state index is 13.3. The molecule has 5 nitrogen and oxygen atoms in total. The molecule has 1 atom stereocenters. The number of halogens is 2.